The minimum Gasteiger partial charge on any atom is -0.493 e. The first kappa shape index (κ1) is 24.9. The zero-order valence-corrected chi connectivity index (χ0v) is 22.5. The Morgan fingerprint density at radius 1 is 0.838 bits per heavy atom. The van der Waals surface area contributed by atoms with Gasteiger partial charge in [-0.1, -0.05) is 83.5 Å². The van der Waals surface area contributed by atoms with E-state index < -0.39 is 5.97 Å². The molecule has 5 rings (SSSR count). The molecule has 1 aliphatic rings. The van der Waals surface area contributed by atoms with Crippen molar-refractivity contribution < 1.29 is 19.4 Å². The van der Waals surface area contributed by atoms with Crippen molar-refractivity contribution in [2.24, 2.45) is 5.92 Å². The number of hydrogen-bond donors (Lipinski definition) is 2. The van der Waals surface area contributed by atoms with Crippen LogP contribution in [0.5, 0.6) is 11.5 Å². The number of carboxylic acids is 1. The summed E-state index contributed by atoms with van der Waals surface area (Å²) in [5, 5.41) is 13.7. The van der Waals surface area contributed by atoms with Crippen molar-refractivity contribution in [1.82, 2.24) is 0 Å². The average molecular weight is 558 g/mol. The highest BCUT2D eigenvalue weighted by Crippen LogP contribution is 2.50. The van der Waals surface area contributed by atoms with Crippen molar-refractivity contribution >= 4 is 27.6 Å². The number of methoxy groups -OCH3 is 2. The van der Waals surface area contributed by atoms with Crippen LogP contribution in [-0.2, 0) is 0 Å². The summed E-state index contributed by atoms with van der Waals surface area (Å²) in [5.41, 5.74) is 6.25. The zero-order chi connectivity index (χ0) is 26.1. The third kappa shape index (κ3) is 4.69. The molecule has 0 fully saturated rings. The molecule has 0 unspecified atom stereocenters. The van der Waals surface area contributed by atoms with Gasteiger partial charge in [-0.25, -0.2) is 4.79 Å². The van der Waals surface area contributed by atoms with Gasteiger partial charge in [-0.2, -0.15) is 0 Å². The highest BCUT2D eigenvalue weighted by molar-refractivity contribution is 9.10. The zero-order valence-electron chi connectivity index (χ0n) is 20.9. The first-order valence-electron chi connectivity index (χ1n) is 12.1. The summed E-state index contributed by atoms with van der Waals surface area (Å²) in [5.74, 6) is 0.351. The molecule has 188 valence electrons. The fraction of sp³-hybridized carbons (Fsp3) is 0.194. The van der Waals surface area contributed by atoms with E-state index >= 15 is 0 Å². The third-order valence-corrected chi connectivity index (χ3v) is 7.65. The molecule has 1 aliphatic heterocycles. The summed E-state index contributed by atoms with van der Waals surface area (Å²) < 4.78 is 11.8. The molecule has 0 saturated heterocycles. The minimum atomic E-state index is -0.969. The normalized spacial score (nSPS) is 18.4. The summed E-state index contributed by atoms with van der Waals surface area (Å²) in [7, 11) is 3.24. The van der Waals surface area contributed by atoms with Crippen LogP contribution in [0, 0.1) is 5.92 Å². The van der Waals surface area contributed by atoms with E-state index in [1.54, 1.807) is 20.3 Å². The van der Waals surface area contributed by atoms with Crippen LogP contribution in [0.25, 0.3) is 11.1 Å². The van der Waals surface area contributed by atoms with Gasteiger partial charge < -0.3 is 19.9 Å². The third-order valence-electron chi connectivity index (χ3n) is 7.19. The fourth-order valence-electron chi connectivity index (χ4n) is 5.40. The Balaban J connectivity index is 1.63. The molecule has 2 N–H and O–H groups in total. The van der Waals surface area contributed by atoms with Gasteiger partial charge in [0, 0.05) is 10.4 Å². The Hall–Kier alpha value is -3.77. The second-order valence-corrected chi connectivity index (χ2v) is 10.2. The van der Waals surface area contributed by atoms with E-state index in [1.165, 1.54) is 0 Å². The largest absolute Gasteiger partial charge is 0.493 e. The number of carboxylic acid groups (broad SMARTS) is 1. The summed E-state index contributed by atoms with van der Waals surface area (Å²) in [4.78, 5) is 12.3. The van der Waals surface area contributed by atoms with Crippen LogP contribution in [0.4, 0.5) is 5.69 Å². The number of halogens is 1. The number of nitrogens with one attached hydrogen (secondary N) is 1. The van der Waals surface area contributed by atoms with Crippen LogP contribution in [0.2, 0.25) is 0 Å². The summed E-state index contributed by atoms with van der Waals surface area (Å²) in [6.07, 6.45) is 0. The van der Waals surface area contributed by atoms with Crippen LogP contribution in [0.1, 0.15) is 45.9 Å². The molecule has 4 aromatic carbocycles. The number of benzene rings is 4. The number of ether oxygens (including phenoxy) is 2. The minimum absolute atomic E-state index is 0.0783. The molecule has 6 heteroatoms. The van der Waals surface area contributed by atoms with Crippen LogP contribution in [0.15, 0.2) is 89.4 Å². The van der Waals surface area contributed by atoms with Gasteiger partial charge >= 0.3 is 5.97 Å². The SMILES string of the molecule is COc1ccc([C@@H]2c3cc(Br)cc(C(=O)O)c3N[C@H](c3ccc(-c4ccccc4)cc3)[C@@H]2C)cc1OC. The molecule has 1 heterocycles. The van der Waals surface area contributed by atoms with Crippen molar-refractivity contribution in [3.63, 3.8) is 0 Å². The monoisotopic (exact) mass is 557 g/mol. The van der Waals surface area contributed by atoms with Crippen LogP contribution < -0.4 is 14.8 Å². The lowest BCUT2D eigenvalue weighted by atomic mass is 9.72. The summed E-state index contributed by atoms with van der Waals surface area (Å²) in [6.45, 7) is 2.20. The van der Waals surface area contributed by atoms with Gasteiger partial charge in [0.05, 0.1) is 31.5 Å². The van der Waals surface area contributed by atoms with Crippen molar-refractivity contribution in [3.05, 3.63) is 112 Å². The number of rotatable bonds is 6. The quantitative estimate of drug-likeness (QED) is 0.253. The molecule has 5 nitrogen and oxygen atoms in total. The number of fused-ring (bicyclic) bond motifs is 1. The Labute approximate surface area is 225 Å². The van der Waals surface area contributed by atoms with Crippen LogP contribution in [-0.4, -0.2) is 25.3 Å². The van der Waals surface area contributed by atoms with Crippen LogP contribution >= 0.6 is 15.9 Å². The Morgan fingerprint density at radius 3 is 2.14 bits per heavy atom. The molecule has 3 atom stereocenters. The Bertz CT molecular complexity index is 1440. The molecular weight excluding hydrogens is 530 g/mol. The van der Waals surface area contributed by atoms with Gasteiger partial charge in [0.2, 0.25) is 0 Å². The van der Waals surface area contributed by atoms with E-state index in [0.29, 0.717) is 17.2 Å². The molecule has 0 aliphatic carbocycles. The van der Waals surface area contributed by atoms with Gasteiger partial charge in [-0.3, -0.25) is 0 Å². The number of carbonyl (C=O) groups is 1. The summed E-state index contributed by atoms with van der Waals surface area (Å²) in [6, 6.07) is 28.3. The molecule has 0 bridgehead atoms. The highest BCUT2D eigenvalue weighted by Gasteiger charge is 2.38. The van der Waals surface area contributed by atoms with E-state index in [0.717, 1.165) is 32.3 Å². The molecular formula is C31H28BrNO4. The fourth-order valence-corrected chi connectivity index (χ4v) is 5.87. The average Bonchev–Trinajstić information content (AvgIpc) is 2.92. The second kappa shape index (κ2) is 10.3. The first-order chi connectivity index (χ1) is 17.9. The van der Waals surface area contributed by atoms with Crippen molar-refractivity contribution in [1.29, 1.82) is 0 Å². The van der Waals surface area contributed by atoms with E-state index in [9.17, 15) is 9.90 Å². The highest BCUT2D eigenvalue weighted by atomic mass is 79.9. The van der Waals surface area contributed by atoms with E-state index in [1.807, 2.05) is 42.5 Å². The van der Waals surface area contributed by atoms with E-state index in [-0.39, 0.29) is 23.4 Å². The molecule has 4 aromatic rings. The lowest BCUT2D eigenvalue weighted by Gasteiger charge is -2.40. The standard InChI is InChI=1S/C31H28BrNO4/c1-18-28(22-13-14-26(36-2)27(15-22)37-3)24-16-23(32)17-25(31(34)35)30(24)33-29(18)21-11-9-20(10-12-21)19-7-5-4-6-8-19/h4-18,28-29,33H,1-3H3,(H,34,35)/t18-,28-,29+/m1/s1. The maximum Gasteiger partial charge on any atom is 0.337 e. The molecule has 0 saturated carbocycles. The molecule has 0 amide bonds. The maximum atomic E-state index is 12.3. The smallest absolute Gasteiger partial charge is 0.337 e. The van der Waals surface area contributed by atoms with Gasteiger partial charge in [0.1, 0.15) is 0 Å². The maximum absolute atomic E-state index is 12.3. The molecule has 0 spiro atoms. The molecule has 37 heavy (non-hydrogen) atoms. The van der Waals surface area contributed by atoms with E-state index in [2.05, 4.69) is 64.6 Å². The molecule has 0 radical (unpaired) electrons. The lowest BCUT2D eigenvalue weighted by molar-refractivity contribution is 0.0697. The van der Waals surface area contributed by atoms with Gasteiger partial charge in [-0.15, -0.1) is 0 Å². The number of anilines is 1. The number of hydrogen-bond acceptors (Lipinski definition) is 4. The van der Waals surface area contributed by atoms with E-state index in [4.69, 9.17) is 9.47 Å². The Kier molecular flexibility index (Phi) is 6.94. The first-order valence-corrected chi connectivity index (χ1v) is 12.9. The second-order valence-electron chi connectivity index (χ2n) is 9.28. The number of aromatic carboxylic acids is 1. The van der Waals surface area contributed by atoms with Gasteiger partial charge in [0.15, 0.2) is 11.5 Å². The molecule has 0 aromatic heterocycles. The van der Waals surface area contributed by atoms with Crippen LogP contribution in [0.3, 0.4) is 0 Å². The summed E-state index contributed by atoms with van der Waals surface area (Å²) >= 11 is 3.53. The lowest BCUT2D eigenvalue weighted by Crippen LogP contribution is -2.32. The van der Waals surface area contributed by atoms with Crippen molar-refractivity contribution in [2.45, 2.75) is 18.9 Å². The topological polar surface area (TPSA) is 67.8 Å². The van der Waals surface area contributed by atoms with Crippen molar-refractivity contribution in [2.75, 3.05) is 19.5 Å². The van der Waals surface area contributed by atoms with Gasteiger partial charge in [-0.05, 0) is 58.0 Å². The van der Waals surface area contributed by atoms with Gasteiger partial charge in [0.25, 0.3) is 0 Å². The predicted molar refractivity (Wildman–Crippen MR) is 150 cm³/mol. The predicted octanol–water partition coefficient (Wildman–Crippen LogP) is 7.77. The van der Waals surface area contributed by atoms with Crippen molar-refractivity contribution in [3.8, 4) is 22.6 Å². The Morgan fingerprint density at radius 2 is 1.49 bits per heavy atom.